The first-order valence-corrected chi connectivity index (χ1v) is 16.7. The van der Waals surface area contributed by atoms with Crippen molar-refractivity contribution in [1.29, 1.82) is 0 Å². The molecule has 0 aliphatic carbocycles. The van der Waals surface area contributed by atoms with Gasteiger partial charge in [0, 0.05) is 53.4 Å². The van der Waals surface area contributed by atoms with Crippen LogP contribution in [0.3, 0.4) is 0 Å². The number of furan rings is 1. The summed E-state index contributed by atoms with van der Waals surface area (Å²) in [7, 11) is 0. The fraction of sp³-hybridized carbons (Fsp3) is 0. The van der Waals surface area contributed by atoms with Crippen molar-refractivity contribution >= 4 is 92.1 Å². The third-order valence-corrected chi connectivity index (χ3v) is 10.6. The van der Waals surface area contributed by atoms with Gasteiger partial charge in [-0.2, -0.15) is 0 Å². The largest absolute Gasteiger partial charge is 0.456 e. The van der Waals surface area contributed by atoms with Gasteiger partial charge in [-0.15, -0.1) is 11.3 Å². The maximum Gasteiger partial charge on any atom is 0.136 e. The van der Waals surface area contributed by atoms with Gasteiger partial charge in [0.2, 0.25) is 0 Å². The molecule has 0 N–H and O–H groups in total. The quantitative estimate of drug-likeness (QED) is 0.183. The molecule has 0 aliphatic heterocycles. The molecule has 0 atom stereocenters. The monoisotopic (exact) mass is 617 g/mol. The van der Waals surface area contributed by atoms with Gasteiger partial charge in [0.1, 0.15) is 11.2 Å². The van der Waals surface area contributed by atoms with Crippen LogP contribution in [0.15, 0.2) is 168 Å². The Balaban J connectivity index is 1.23. The highest BCUT2D eigenvalue weighted by molar-refractivity contribution is 7.26. The fourth-order valence-corrected chi connectivity index (χ4v) is 8.53. The van der Waals surface area contributed by atoms with Crippen molar-refractivity contribution in [2.45, 2.75) is 0 Å². The molecular formula is C44H27NOS. The molecule has 0 unspecified atom stereocenters. The van der Waals surface area contributed by atoms with Crippen LogP contribution in [0, 0.1) is 0 Å². The molecule has 2 nitrogen and oxygen atoms in total. The normalized spacial score (nSPS) is 11.8. The Bertz CT molecular complexity index is 2740. The molecule has 8 aromatic carbocycles. The molecule has 0 bridgehead atoms. The third kappa shape index (κ3) is 4.10. The first-order valence-electron chi connectivity index (χ1n) is 15.9. The van der Waals surface area contributed by atoms with Gasteiger partial charge < -0.3 is 9.32 Å². The van der Waals surface area contributed by atoms with Crippen LogP contribution in [0.2, 0.25) is 0 Å². The lowest BCUT2D eigenvalue weighted by Gasteiger charge is -2.25. The highest BCUT2D eigenvalue weighted by Gasteiger charge is 2.18. The lowest BCUT2D eigenvalue weighted by molar-refractivity contribution is 0.669. The van der Waals surface area contributed by atoms with Crippen molar-refractivity contribution in [1.82, 2.24) is 0 Å². The van der Waals surface area contributed by atoms with Crippen molar-refractivity contribution in [2.75, 3.05) is 4.90 Å². The van der Waals surface area contributed by atoms with Crippen molar-refractivity contribution in [3.8, 4) is 11.1 Å². The van der Waals surface area contributed by atoms with Gasteiger partial charge in [0.05, 0.1) is 0 Å². The van der Waals surface area contributed by atoms with Crippen LogP contribution in [-0.4, -0.2) is 0 Å². The van der Waals surface area contributed by atoms with E-state index in [1.807, 2.05) is 17.4 Å². The molecule has 0 aliphatic rings. The SMILES string of the molecule is c1ccc(N(c2ccccc2)c2ccc(-c3cc4cc5oc6ccccc6c5cc4c4c3ccc3c5ccccc5sc34)cc2)cc1. The Labute approximate surface area is 275 Å². The Morgan fingerprint density at radius 3 is 1.83 bits per heavy atom. The van der Waals surface area contributed by atoms with E-state index in [0.717, 1.165) is 39.0 Å². The Hall–Kier alpha value is -5.90. The summed E-state index contributed by atoms with van der Waals surface area (Å²) in [5.41, 5.74) is 7.63. The zero-order chi connectivity index (χ0) is 30.9. The lowest BCUT2D eigenvalue weighted by Crippen LogP contribution is -2.09. The number of hydrogen-bond acceptors (Lipinski definition) is 3. The van der Waals surface area contributed by atoms with Crippen LogP contribution >= 0.6 is 11.3 Å². The maximum atomic E-state index is 6.38. The molecule has 10 rings (SSSR count). The predicted molar refractivity (Wildman–Crippen MR) is 202 cm³/mol. The van der Waals surface area contributed by atoms with Gasteiger partial charge in [-0.3, -0.25) is 0 Å². The van der Waals surface area contributed by atoms with Gasteiger partial charge in [-0.05, 0) is 94.0 Å². The molecule has 220 valence electrons. The van der Waals surface area contributed by atoms with Gasteiger partial charge in [0.25, 0.3) is 0 Å². The van der Waals surface area contributed by atoms with E-state index < -0.39 is 0 Å². The highest BCUT2D eigenvalue weighted by Crippen LogP contribution is 2.46. The number of fused-ring (bicyclic) bond motifs is 10. The molecule has 2 heterocycles. The average Bonchev–Trinajstić information content (AvgIpc) is 3.70. The lowest BCUT2D eigenvalue weighted by atomic mass is 9.91. The van der Waals surface area contributed by atoms with Crippen molar-refractivity contribution in [2.24, 2.45) is 0 Å². The Kier molecular flexibility index (Phi) is 5.78. The number of thiophene rings is 1. The minimum atomic E-state index is 0.921. The Morgan fingerprint density at radius 1 is 0.426 bits per heavy atom. The summed E-state index contributed by atoms with van der Waals surface area (Å²) in [4.78, 5) is 2.31. The van der Waals surface area contributed by atoms with Crippen LogP contribution in [0.5, 0.6) is 0 Å². The topological polar surface area (TPSA) is 16.4 Å². The summed E-state index contributed by atoms with van der Waals surface area (Å²) in [6, 6.07) is 58.9. The zero-order valence-electron chi connectivity index (χ0n) is 25.4. The van der Waals surface area contributed by atoms with E-state index in [0.29, 0.717) is 0 Å². The first kappa shape index (κ1) is 26.3. The molecule has 2 aromatic heterocycles. The number of nitrogens with zero attached hydrogens (tertiary/aromatic N) is 1. The van der Waals surface area contributed by atoms with E-state index in [1.54, 1.807) is 0 Å². The molecular weight excluding hydrogens is 591 g/mol. The van der Waals surface area contributed by atoms with Gasteiger partial charge in [-0.25, -0.2) is 0 Å². The van der Waals surface area contributed by atoms with E-state index in [1.165, 1.54) is 52.8 Å². The number of hydrogen-bond donors (Lipinski definition) is 0. The number of anilines is 3. The van der Waals surface area contributed by atoms with E-state index in [2.05, 4.69) is 163 Å². The van der Waals surface area contributed by atoms with Crippen molar-refractivity contribution < 1.29 is 4.42 Å². The minimum Gasteiger partial charge on any atom is -0.456 e. The molecule has 0 fully saturated rings. The molecule has 0 spiro atoms. The van der Waals surface area contributed by atoms with E-state index in [-0.39, 0.29) is 0 Å². The van der Waals surface area contributed by atoms with Crippen LogP contribution < -0.4 is 4.90 Å². The number of para-hydroxylation sites is 3. The van der Waals surface area contributed by atoms with Crippen LogP contribution in [0.4, 0.5) is 17.1 Å². The molecule has 0 saturated heterocycles. The van der Waals surface area contributed by atoms with E-state index >= 15 is 0 Å². The standard InChI is InChI=1S/C44H27NOS/c1-3-11-30(12-4-1)45(31-13-5-2-6-14-31)32-21-19-28(20-22-32)37-25-29-26-41-39(33-15-7-9-17-40(33)46-41)27-38(29)43-35(37)23-24-36-34-16-8-10-18-42(34)47-44(36)43/h1-27H. The zero-order valence-corrected chi connectivity index (χ0v) is 26.2. The van der Waals surface area contributed by atoms with E-state index in [9.17, 15) is 0 Å². The van der Waals surface area contributed by atoms with Crippen molar-refractivity contribution in [3.63, 3.8) is 0 Å². The smallest absolute Gasteiger partial charge is 0.136 e. The van der Waals surface area contributed by atoms with E-state index in [4.69, 9.17) is 4.42 Å². The summed E-state index contributed by atoms with van der Waals surface area (Å²) in [5, 5.41) is 9.95. The fourth-order valence-electron chi connectivity index (χ4n) is 7.27. The minimum absolute atomic E-state index is 0.921. The second-order valence-electron chi connectivity index (χ2n) is 12.1. The third-order valence-electron chi connectivity index (χ3n) is 9.42. The molecule has 10 aromatic rings. The summed E-state index contributed by atoms with van der Waals surface area (Å²) in [6.07, 6.45) is 0. The van der Waals surface area contributed by atoms with Gasteiger partial charge >= 0.3 is 0 Å². The highest BCUT2D eigenvalue weighted by atomic mass is 32.1. The summed E-state index contributed by atoms with van der Waals surface area (Å²) >= 11 is 1.89. The van der Waals surface area contributed by atoms with Gasteiger partial charge in [0.15, 0.2) is 0 Å². The molecule has 3 heteroatoms. The Morgan fingerprint density at radius 2 is 1.06 bits per heavy atom. The summed E-state index contributed by atoms with van der Waals surface area (Å²) < 4.78 is 9.02. The first-order chi connectivity index (χ1) is 23.3. The maximum absolute atomic E-state index is 6.38. The van der Waals surface area contributed by atoms with Crippen LogP contribution in [-0.2, 0) is 0 Å². The second-order valence-corrected chi connectivity index (χ2v) is 13.2. The number of benzene rings is 8. The second kappa shape index (κ2) is 10.3. The molecule has 0 amide bonds. The summed E-state index contributed by atoms with van der Waals surface area (Å²) in [6.45, 7) is 0. The average molecular weight is 618 g/mol. The molecule has 0 saturated carbocycles. The van der Waals surface area contributed by atoms with Crippen molar-refractivity contribution in [3.05, 3.63) is 164 Å². The summed E-state index contributed by atoms with van der Waals surface area (Å²) in [5.74, 6) is 0. The number of rotatable bonds is 4. The molecule has 47 heavy (non-hydrogen) atoms. The van der Waals surface area contributed by atoms with Crippen LogP contribution in [0.1, 0.15) is 0 Å². The molecule has 0 radical (unpaired) electrons. The predicted octanol–water partition coefficient (Wildman–Crippen LogP) is 13.4. The van der Waals surface area contributed by atoms with Gasteiger partial charge in [-0.1, -0.05) is 97.1 Å². The van der Waals surface area contributed by atoms with Crippen LogP contribution in [0.25, 0.3) is 74.8 Å².